The third kappa shape index (κ3) is 2.36. The number of amides is 1. The van der Waals surface area contributed by atoms with E-state index in [1.807, 2.05) is 0 Å². The molecule has 1 aliphatic rings. The van der Waals surface area contributed by atoms with E-state index in [0.29, 0.717) is 18.7 Å². The molecular weight excluding hydrogens is 214 g/mol. The van der Waals surface area contributed by atoms with E-state index >= 15 is 0 Å². The molecule has 3 nitrogen and oxygen atoms in total. The second kappa shape index (κ2) is 4.57. The monoisotopic (exact) mass is 226 g/mol. The molecule has 1 amide bonds. The Morgan fingerprint density at radius 2 is 2.19 bits per heavy atom. The fourth-order valence-corrected chi connectivity index (χ4v) is 1.67. The standard InChI is InChI=1S/C11H12F2N2O/c12-9-2-1-8(10(13)5-9)7-15-4-3-14-6-11(15)16/h1-2,5,14H,3-4,6-7H2. The van der Waals surface area contributed by atoms with Crippen molar-refractivity contribution in [3.05, 3.63) is 35.4 Å². The van der Waals surface area contributed by atoms with E-state index in [9.17, 15) is 13.6 Å². The molecule has 1 fully saturated rings. The first-order valence-corrected chi connectivity index (χ1v) is 5.09. The third-order valence-electron chi connectivity index (χ3n) is 2.56. The zero-order valence-corrected chi connectivity index (χ0v) is 8.67. The van der Waals surface area contributed by atoms with Crippen LogP contribution in [-0.4, -0.2) is 30.4 Å². The third-order valence-corrected chi connectivity index (χ3v) is 2.56. The average molecular weight is 226 g/mol. The maximum Gasteiger partial charge on any atom is 0.236 e. The molecular formula is C11H12F2N2O. The largest absolute Gasteiger partial charge is 0.336 e. The molecule has 1 aromatic carbocycles. The highest BCUT2D eigenvalue weighted by Crippen LogP contribution is 2.12. The summed E-state index contributed by atoms with van der Waals surface area (Å²) in [5.74, 6) is -1.27. The van der Waals surface area contributed by atoms with Gasteiger partial charge >= 0.3 is 0 Å². The molecule has 2 rings (SSSR count). The van der Waals surface area contributed by atoms with Crippen molar-refractivity contribution in [2.75, 3.05) is 19.6 Å². The first kappa shape index (κ1) is 11.0. The van der Waals surface area contributed by atoms with Crippen molar-refractivity contribution in [2.24, 2.45) is 0 Å². The summed E-state index contributed by atoms with van der Waals surface area (Å²) in [6.45, 7) is 1.74. The number of carbonyl (C=O) groups is 1. The fourth-order valence-electron chi connectivity index (χ4n) is 1.67. The quantitative estimate of drug-likeness (QED) is 0.812. The Bertz CT molecular complexity index is 409. The van der Waals surface area contributed by atoms with Gasteiger partial charge in [-0.3, -0.25) is 4.79 Å². The molecule has 86 valence electrons. The van der Waals surface area contributed by atoms with Crippen LogP contribution in [-0.2, 0) is 11.3 Å². The van der Waals surface area contributed by atoms with Crippen LogP contribution in [0.5, 0.6) is 0 Å². The molecule has 0 unspecified atom stereocenters. The highest BCUT2D eigenvalue weighted by Gasteiger charge is 2.18. The Hall–Kier alpha value is -1.49. The van der Waals surface area contributed by atoms with Gasteiger partial charge in [0.1, 0.15) is 11.6 Å². The Morgan fingerprint density at radius 1 is 1.38 bits per heavy atom. The van der Waals surface area contributed by atoms with E-state index in [-0.39, 0.29) is 19.0 Å². The van der Waals surface area contributed by atoms with E-state index in [4.69, 9.17) is 0 Å². The Balaban J connectivity index is 2.10. The Morgan fingerprint density at radius 3 is 2.88 bits per heavy atom. The summed E-state index contributed by atoms with van der Waals surface area (Å²) in [5.41, 5.74) is 0.344. The molecule has 1 saturated heterocycles. The van der Waals surface area contributed by atoms with Crippen molar-refractivity contribution in [1.82, 2.24) is 10.2 Å². The zero-order chi connectivity index (χ0) is 11.5. The number of piperazine rings is 1. The smallest absolute Gasteiger partial charge is 0.236 e. The number of rotatable bonds is 2. The van der Waals surface area contributed by atoms with Crippen molar-refractivity contribution in [3.63, 3.8) is 0 Å². The summed E-state index contributed by atoms with van der Waals surface area (Å²) in [4.78, 5) is 13.0. The molecule has 0 radical (unpaired) electrons. The maximum absolute atomic E-state index is 13.3. The summed E-state index contributed by atoms with van der Waals surface area (Å²) in [6, 6.07) is 3.41. The van der Waals surface area contributed by atoms with Crippen molar-refractivity contribution < 1.29 is 13.6 Å². The fraction of sp³-hybridized carbons (Fsp3) is 0.364. The van der Waals surface area contributed by atoms with E-state index in [0.717, 1.165) is 6.07 Å². The summed E-state index contributed by atoms with van der Waals surface area (Å²) in [7, 11) is 0. The molecule has 1 aliphatic heterocycles. The van der Waals surface area contributed by atoms with Gasteiger partial charge in [0.2, 0.25) is 5.91 Å². The molecule has 16 heavy (non-hydrogen) atoms. The minimum atomic E-state index is -0.605. The van der Waals surface area contributed by atoms with Crippen LogP contribution >= 0.6 is 0 Å². The normalized spacial score (nSPS) is 16.6. The van der Waals surface area contributed by atoms with Gasteiger partial charge in [0, 0.05) is 31.3 Å². The van der Waals surface area contributed by atoms with Crippen molar-refractivity contribution in [3.8, 4) is 0 Å². The number of nitrogens with zero attached hydrogens (tertiary/aromatic N) is 1. The van der Waals surface area contributed by atoms with E-state index in [1.54, 1.807) is 4.90 Å². The molecule has 1 heterocycles. The molecule has 0 bridgehead atoms. The topological polar surface area (TPSA) is 32.3 Å². The zero-order valence-electron chi connectivity index (χ0n) is 8.67. The predicted molar refractivity (Wildman–Crippen MR) is 54.6 cm³/mol. The van der Waals surface area contributed by atoms with Crippen LogP contribution in [0.2, 0.25) is 0 Å². The van der Waals surface area contributed by atoms with Crippen LogP contribution in [0.4, 0.5) is 8.78 Å². The molecule has 1 aromatic rings. The predicted octanol–water partition coefficient (Wildman–Crippen LogP) is 0.897. The minimum Gasteiger partial charge on any atom is -0.336 e. The van der Waals surface area contributed by atoms with Gasteiger partial charge in [0.25, 0.3) is 0 Å². The van der Waals surface area contributed by atoms with Crippen LogP contribution in [0.1, 0.15) is 5.56 Å². The molecule has 0 aliphatic carbocycles. The van der Waals surface area contributed by atoms with Gasteiger partial charge in [-0.05, 0) is 6.07 Å². The number of halogens is 2. The first-order chi connectivity index (χ1) is 7.66. The molecule has 5 heteroatoms. The van der Waals surface area contributed by atoms with Crippen LogP contribution in [0.3, 0.4) is 0 Å². The Kier molecular flexibility index (Phi) is 3.14. The SMILES string of the molecule is O=C1CNCCN1Cc1ccc(F)cc1F. The van der Waals surface area contributed by atoms with E-state index < -0.39 is 11.6 Å². The second-order valence-electron chi connectivity index (χ2n) is 3.73. The van der Waals surface area contributed by atoms with Gasteiger partial charge in [0.15, 0.2) is 0 Å². The average Bonchev–Trinajstić information content (AvgIpc) is 2.25. The van der Waals surface area contributed by atoms with Crippen molar-refractivity contribution >= 4 is 5.91 Å². The second-order valence-corrected chi connectivity index (χ2v) is 3.73. The van der Waals surface area contributed by atoms with Crippen LogP contribution in [0, 0.1) is 11.6 Å². The number of benzene rings is 1. The molecule has 0 aromatic heterocycles. The van der Waals surface area contributed by atoms with Gasteiger partial charge < -0.3 is 10.2 Å². The first-order valence-electron chi connectivity index (χ1n) is 5.09. The molecule has 0 saturated carbocycles. The van der Waals surface area contributed by atoms with Gasteiger partial charge in [-0.2, -0.15) is 0 Å². The highest BCUT2D eigenvalue weighted by molar-refractivity contribution is 5.78. The number of nitrogens with one attached hydrogen (secondary N) is 1. The minimum absolute atomic E-state index is 0.0602. The van der Waals surface area contributed by atoms with Crippen LogP contribution < -0.4 is 5.32 Å². The van der Waals surface area contributed by atoms with E-state index in [2.05, 4.69) is 5.32 Å². The van der Waals surface area contributed by atoms with E-state index in [1.165, 1.54) is 12.1 Å². The summed E-state index contributed by atoms with van der Waals surface area (Å²) in [5, 5.41) is 2.93. The van der Waals surface area contributed by atoms with Gasteiger partial charge in [-0.25, -0.2) is 8.78 Å². The number of hydrogen-bond donors (Lipinski definition) is 1. The summed E-state index contributed by atoms with van der Waals surface area (Å²) in [6.07, 6.45) is 0. The van der Waals surface area contributed by atoms with Crippen LogP contribution in [0.15, 0.2) is 18.2 Å². The van der Waals surface area contributed by atoms with Gasteiger partial charge in [-0.1, -0.05) is 6.07 Å². The summed E-state index contributed by atoms with van der Waals surface area (Å²) < 4.78 is 26.0. The Labute approximate surface area is 92.1 Å². The van der Waals surface area contributed by atoms with Crippen LogP contribution in [0.25, 0.3) is 0 Å². The summed E-state index contributed by atoms with van der Waals surface area (Å²) >= 11 is 0. The lowest BCUT2D eigenvalue weighted by Crippen LogP contribution is -2.47. The lowest BCUT2D eigenvalue weighted by atomic mass is 10.2. The highest BCUT2D eigenvalue weighted by atomic mass is 19.1. The van der Waals surface area contributed by atoms with Crippen molar-refractivity contribution in [1.29, 1.82) is 0 Å². The number of carbonyl (C=O) groups excluding carboxylic acids is 1. The lowest BCUT2D eigenvalue weighted by Gasteiger charge is -2.27. The maximum atomic E-state index is 13.3. The van der Waals surface area contributed by atoms with Gasteiger partial charge in [0.05, 0.1) is 6.54 Å². The molecule has 1 N–H and O–H groups in total. The van der Waals surface area contributed by atoms with Crippen molar-refractivity contribution in [2.45, 2.75) is 6.54 Å². The lowest BCUT2D eigenvalue weighted by molar-refractivity contribution is -0.132. The number of hydrogen-bond acceptors (Lipinski definition) is 2. The molecule has 0 spiro atoms. The van der Waals surface area contributed by atoms with Gasteiger partial charge in [-0.15, -0.1) is 0 Å². The molecule has 0 atom stereocenters.